The summed E-state index contributed by atoms with van der Waals surface area (Å²) in [5.74, 6) is -6.24. The van der Waals surface area contributed by atoms with Gasteiger partial charge < -0.3 is 4.55 Å². The molecule has 16 heavy (non-hydrogen) atoms. The fourth-order valence-corrected chi connectivity index (χ4v) is 3.64. The molecule has 96 valence electrons. The van der Waals surface area contributed by atoms with E-state index >= 15 is 0 Å². The molecule has 0 aromatic heterocycles. The monoisotopic (exact) mass is 291 g/mol. The fourth-order valence-electron chi connectivity index (χ4n) is 0.853. The Bertz CT molecular complexity index is 408. The van der Waals surface area contributed by atoms with Gasteiger partial charge in [0.15, 0.2) is 0 Å². The Kier molecular flexibility index (Phi) is 2.75. The molecule has 1 rings (SSSR count). The van der Waals surface area contributed by atoms with E-state index in [1.165, 1.54) is 0 Å². The van der Waals surface area contributed by atoms with E-state index in [0.29, 0.717) is 0 Å². The summed E-state index contributed by atoms with van der Waals surface area (Å²) in [6, 6.07) is 0. The van der Waals surface area contributed by atoms with Crippen LogP contribution >= 0.6 is 0 Å². The van der Waals surface area contributed by atoms with Crippen LogP contribution in [-0.4, -0.2) is 40.2 Å². The van der Waals surface area contributed by atoms with Crippen molar-refractivity contribution in [2.45, 2.75) is 16.4 Å². The first-order valence-electron chi connectivity index (χ1n) is 3.35. The first kappa shape index (κ1) is 13.9. The number of nitrogens with zero attached hydrogens (tertiary/aromatic N) is 1. The number of rotatable bonds is 0. The van der Waals surface area contributed by atoms with E-state index in [9.17, 15) is 39.3 Å². The van der Waals surface area contributed by atoms with Crippen molar-refractivity contribution in [3.8, 4) is 0 Å². The van der Waals surface area contributed by atoms with Gasteiger partial charge in [-0.15, -0.1) is 8.78 Å². The molecule has 0 N–H and O–H groups in total. The summed E-state index contributed by atoms with van der Waals surface area (Å²) in [6.45, 7) is 0. The van der Waals surface area contributed by atoms with Crippen LogP contribution in [0.3, 0.4) is 0 Å². The molecule has 12 heteroatoms. The van der Waals surface area contributed by atoms with E-state index in [2.05, 4.69) is 0 Å². The molecule has 1 fully saturated rings. The van der Waals surface area contributed by atoms with Crippen molar-refractivity contribution in [2.24, 2.45) is 0 Å². The summed E-state index contributed by atoms with van der Waals surface area (Å²) in [7, 11) is -6.00. The standard InChI is InChI=1S/C4H3F6NO3S2/c1-11-15(12)3(7,8)2(5,6)4(9,10)16(11,13)14/h1H3. The highest BCUT2D eigenvalue weighted by molar-refractivity contribution is 8.05. The average Bonchev–Trinajstić information content (AvgIpc) is 2.12. The summed E-state index contributed by atoms with van der Waals surface area (Å²) in [5, 5.41) is -11.7. The molecule has 1 unspecified atom stereocenters. The first-order valence-corrected chi connectivity index (χ1v) is 5.90. The molecule has 1 heterocycles. The van der Waals surface area contributed by atoms with Crippen LogP contribution in [0.15, 0.2) is 0 Å². The van der Waals surface area contributed by atoms with Gasteiger partial charge in [-0.2, -0.15) is 17.6 Å². The molecule has 0 amide bonds. The summed E-state index contributed by atoms with van der Waals surface area (Å²) < 4.78 is 107. The minimum absolute atomic E-state index is 0.0997. The highest BCUT2D eigenvalue weighted by atomic mass is 32.3. The molecule has 1 saturated heterocycles. The average molecular weight is 291 g/mol. The van der Waals surface area contributed by atoms with Crippen LogP contribution in [0.5, 0.6) is 0 Å². The van der Waals surface area contributed by atoms with Gasteiger partial charge in [0.05, 0.1) is 7.05 Å². The Balaban J connectivity index is 3.55. The zero-order valence-corrected chi connectivity index (χ0v) is 8.89. The fraction of sp³-hybridized carbons (Fsp3) is 1.00. The van der Waals surface area contributed by atoms with Gasteiger partial charge in [-0.05, 0) is 3.71 Å². The lowest BCUT2D eigenvalue weighted by atomic mass is 10.3. The quantitative estimate of drug-likeness (QED) is 0.489. The third kappa shape index (κ3) is 1.23. The SMILES string of the molecule is CN1[S+]([O-])C(F)(F)C(F)(F)C(F)(F)S1(=O)=O. The van der Waals surface area contributed by atoms with Gasteiger partial charge in [0.25, 0.3) is 0 Å². The Morgan fingerprint density at radius 1 is 1.12 bits per heavy atom. The van der Waals surface area contributed by atoms with E-state index in [-0.39, 0.29) is 7.05 Å². The molecule has 0 aliphatic carbocycles. The molecule has 0 radical (unpaired) electrons. The van der Waals surface area contributed by atoms with Gasteiger partial charge in [-0.3, -0.25) is 0 Å². The summed E-state index contributed by atoms with van der Waals surface area (Å²) in [4.78, 5) is 0. The minimum Gasteiger partial charge on any atom is -0.592 e. The van der Waals surface area contributed by atoms with Gasteiger partial charge in [0, 0.05) is 0 Å². The number of halogens is 6. The minimum atomic E-state index is -6.24. The van der Waals surface area contributed by atoms with Crippen molar-refractivity contribution in [3.63, 3.8) is 0 Å². The van der Waals surface area contributed by atoms with Crippen molar-refractivity contribution >= 4 is 21.4 Å². The summed E-state index contributed by atoms with van der Waals surface area (Å²) >= 11 is -4.10. The maximum absolute atomic E-state index is 12.7. The molecule has 0 aromatic rings. The molecule has 1 aliphatic heterocycles. The van der Waals surface area contributed by atoms with Crippen molar-refractivity contribution in [3.05, 3.63) is 0 Å². The van der Waals surface area contributed by atoms with E-state index < -0.39 is 41.5 Å². The van der Waals surface area contributed by atoms with E-state index in [1.54, 1.807) is 0 Å². The van der Waals surface area contributed by atoms with Crippen molar-refractivity contribution in [1.82, 2.24) is 3.71 Å². The topological polar surface area (TPSA) is 60.4 Å². The number of sulfonamides is 1. The van der Waals surface area contributed by atoms with Crippen LogP contribution in [0.2, 0.25) is 0 Å². The Morgan fingerprint density at radius 3 is 1.88 bits per heavy atom. The number of hydrogen-bond acceptors (Lipinski definition) is 3. The first-order chi connectivity index (χ1) is 6.82. The molecule has 1 atom stereocenters. The predicted octanol–water partition coefficient (Wildman–Crippen LogP) is 0.746. The number of hydrogen-bond donors (Lipinski definition) is 0. The second-order valence-corrected chi connectivity index (χ2v) is 6.57. The van der Waals surface area contributed by atoms with Gasteiger partial charge >= 0.3 is 26.5 Å². The van der Waals surface area contributed by atoms with Gasteiger partial charge in [0.1, 0.15) is 11.4 Å². The smallest absolute Gasteiger partial charge is 0.499 e. The summed E-state index contributed by atoms with van der Waals surface area (Å²) in [6.07, 6.45) is 0. The summed E-state index contributed by atoms with van der Waals surface area (Å²) in [5.41, 5.74) is 0. The lowest BCUT2D eigenvalue weighted by Gasteiger charge is -2.39. The van der Waals surface area contributed by atoms with E-state index in [4.69, 9.17) is 0 Å². The third-order valence-electron chi connectivity index (χ3n) is 1.85. The zero-order chi connectivity index (χ0) is 13.2. The lowest BCUT2D eigenvalue weighted by molar-refractivity contribution is -0.249. The van der Waals surface area contributed by atoms with Gasteiger partial charge in [-0.1, -0.05) is 0 Å². The maximum atomic E-state index is 12.7. The highest BCUT2D eigenvalue weighted by Gasteiger charge is 2.89. The van der Waals surface area contributed by atoms with Crippen LogP contribution in [0.1, 0.15) is 0 Å². The molecular weight excluding hydrogens is 288 g/mol. The van der Waals surface area contributed by atoms with Crippen molar-refractivity contribution in [2.75, 3.05) is 7.05 Å². The number of alkyl halides is 6. The molecule has 1 aliphatic rings. The maximum Gasteiger partial charge on any atom is 0.499 e. The molecule has 0 bridgehead atoms. The molecular formula is C4H3F6NO3S2. The normalized spacial score (nSPS) is 35.9. The Labute approximate surface area is 88.6 Å². The highest BCUT2D eigenvalue weighted by Crippen LogP contribution is 2.56. The predicted molar refractivity (Wildman–Crippen MR) is 39.7 cm³/mol. The lowest BCUT2D eigenvalue weighted by Crippen LogP contribution is -2.70. The second-order valence-electron chi connectivity index (χ2n) is 2.77. The molecule has 0 saturated carbocycles. The second kappa shape index (κ2) is 3.17. The molecule has 0 spiro atoms. The van der Waals surface area contributed by atoms with Crippen molar-refractivity contribution in [1.29, 1.82) is 0 Å². The van der Waals surface area contributed by atoms with Crippen LogP contribution in [0.25, 0.3) is 0 Å². The van der Waals surface area contributed by atoms with Crippen LogP contribution in [0, 0.1) is 0 Å². The van der Waals surface area contributed by atoms with Crippen LogP contribution in [-0.2, 0) is 21.4 Å². The molecule has 4 nitrogen and oxygen atoms in total. The van der Waals surface area contributed by atoms with E-state index in [1.807, 2.05) is 0 Å². The Hall–Kier alpha value is -0.200. The zero-order valence-electron chi connectivity index (χ0n) is 7.26. The third-order valence-corrected chi connectivity index (χ3v) is 5.58. The van der Waals surface area contributed by atoms with E-state index in [0.717, 1.165) is 0 Å². The largest absolute Gasteiger partial charge is 0.592 e. The van der Waals surface area contributed by atoms with Gasteiger partial charge in [0.2, 0.25) is 0 Å². The van der Waals surface area contributed by atoms with Crippen LogP contribution in [0.4, 0.5) is 26.3 Å². The van der Waals surface area contributed by atoms with Crippen molar-refractivity contribution < 1.29 is 39.3 Å². The molecule has 0 aromatic carbocycles. The van der Waals surface area contributed by atoms with Crippen LogP contribution < -0.4 is 0 Å². The Morgan fingerprint density at radius 2 is 1.50 bits per heavy atom. The van der Waals surface area contributed by atoms with Gasteiger partial charge in [-0.25, -0.2) is 8.42 Å².